The van der Waals surface area contributed by atoms with E-state index in [2.05, 4.69) is 71.0 Å². The first-order chi connectivity index (χ1) is 11.0. The molecule has 0 N–H and O–H groups in total. The summed E-state index contributed by atoms with van der Waals surface area (Å²) in [5.74, 6) is 0. The molecule has 2 heteroatoms. The molecule has 0 aliphatic rings. The normalized spacial score (nSPS) is 12.1. The molecule has 0 fully saturated rings. The summed E-state index contributed by atoms with van der Waals surface area (Å²) in [6, 6.07) is 15.6. The maximum Gasteiger partial charge on any atom is 0.146 e. The van der Waals surface area contributed by atoms with Crippen molar-refractivity contribution in [1.82, 2.24) is 4.98 Å². The Morgan fingerprint density at radius 3 is 2.13 bits per heavy atom. The average Bonchev–Trinajstić information content (AvgIpc) is 2.55. The van der Waals surface area contributed by atoms with Crippen molar-refractivity contribution in [2.24, 2.45) is 0 Å². The van der Waals surface area contributed by atoms with Crippen molar-refractivity contribution < 1.29 is 0 Å². The molecule has 0 aliphatic carbocycles. The average molecular weight is 326 g/mol. The summed E-state index contributed by atoms with van der Waals surface area (Å²) in [7, 11) is -1.91. The molecule has 1 aromatic heterocycles. The molecule has 1 nitrogen and oxygen atoms in total. The molecule has 1 heterocycles. The van der Waals surface area contributed by atoms with Crippen LogP contribution >= 0.6 is 0 Å². The standard InChI is InChI=1S/C21H31NSi/c1-6-7-12-19-13-8-9-14-20(19)23(17(2)3,18(4)5)21-15-10-11-16-22-21/h8-11,13-18H,6-7,12H2,1-5H3. The van der Waals surface area contributed by atoms with Crippen molar-refractivity contribution in [3.8, 4) is 0 Å². The molecular weight excluding hydrogens is 294 g/mol. The highest BCUT2D eigenvalue weighted by atomic mass is 28.3. The molecular formula is C21H31NSi. The lowest BCUT2D eigenvalue weighted by molar-refractivity contribution is 0.796. The van der Waals surface area contributed by atoms with E-state index in [1.54, 1.807) is 10.8 Å². The molecule has 23 heavy (non-hydrogen) atoms. The van der Waals surface area contributed by atoms with Gasteiger partial charge in [-0.25, -0.2) is 0 Å². The molecule has 2 rings (SSSR count). The Labute approximate surface area is 143 Å². The van der Waals surface area contributed by atoms with Crippen LogP contribution in [0.4, 0.5) is 0 Å². The van der Waals surface area contributed by atoms with Crippen LogP contribution in [0, 0.1) is 0 Å². The number of nitrogens with zero attached hydrogens (tertiary/aromatic N) is 1. The van der Waals surface area contributed by atoms with Crippen LogP contribution in [0.25, 0.3) is 0 Å². The van der Waals surface area contributed by atoms with E-state index in [9.17, 15) is 0 Å². The van der Waals surface area contributed by atoms with Gasteiger partial charge >= 0.3 is 0 Å². The van der Waals surface area contributed by atoms with Gasteiger partial charge < -0.3 is 0 Å². The first-order valence-corrected chi connectivity index (χ1v) is 11.2. The van der Waals surface area contributed by atoms with Gasteiger partial charge in [0.15, 0.2) is 0 Å². The Morgan fingerprint density at radius 1 is 0.913 bits per heavy atom. The predicted octanol–water partition coefficient (Wildman–Crippen LogP) is 4.81. The first kappa shape index (κ1) is 17.9. The van der Waals surface area contributed by atoms with Crippen molar-refractivity contribution in [2.75, 3.05) is 0 Å². The molecule has 1 aromatic carbocycles. The monoisotopic (exact) mass is 325 g/mol. The van der Waals surface area contributed by atoms with E-state index < -0.39 is 8.07 Å². The fourth-order valence-corrected chi connectivity index (χ4v) is 9.94. The molecule has 0 spiro atoms. The van der Waals surface area contributed by atoms with Crippen LogP contribution in [0.2, 0.25) is 11.1 Å². The van der Waals surface area contributed by atoms with Crippen molar-refractivity contribution in [1.29, 1.82) is 0 Å². The largest absolute Gasteiger partial charge is 0.266 e. The van der Waals surface area contributed by atoms with Gasteiger partial charge in [0.05, 0.1) is 0 Å². The lowest BCUT2D eigenvalue weighted by Gasteiger charge is -2.40. The minimum atomic E-state index is -1.91. The molecule has 2 aromatic rings. The molecule has 0 saturated heterocycles. The predicted molar refractivity (Wildman–Crippen MR) is 105 cm³/mol. The molecule has 0 radical (unpaired) electrons. The van der Waals surface area contributed by atoms with E-state index in [0.717, 1.165) is 0 Å². The second-order valence-corrected chi connectivity index (χ2v) is 12.3. The van der Waals surface area contributed by atoms with E-state index in [1.807, 2.05) is 12.3 Å². The van der Waals surface area contributed by atoms with Crippen LogP contribution in [0.5, 0.6) is 0 Å². The Hall–Kier alpha value is -1.41. The molecule has 0 saturated carbocycles. The van der Waals surface area contributed by atoms with E-state index in [4.69, 9.17) is 4.98 Å². The summed E-state index contributed by atoms with van der Waals surface area (Å²) in [5.41, 5.74) is 2.80. The third kappa shape index (κ3) is 3.42. The topological polar surface area (TPSA) is 12.9 Å². The number of pyridine rings is 1. The number of rotatable bonds is 7. The van der Waals surface area contributed by atoms with Gasteiger partial charge in [0.1, 0.15) is 8.07 Å². The van der Waals surface area contributed by atoms with Gasteiger partial charge in [-0.15, -0.1) is 0 Å². The van der Waals surface area contributed by atoms with E-state index in [-0.39, 0.29) is 0 Å². The van der Waals surface area contributed by atoms with Gasteiger partial charge in [-0.2, -0.15) is 0 Å². The van der Waals surface area contributed by atoms with Crippen LogP contribution < -0.4 is 10.5 Å². The van der Waals surface area contributed by atoms with Crippen molar-refractivity contribution >= 4 is 18.6 Å². The highest BCUT2D eigenvalue weighted by Gasteiger charge is 2.45. The Balaban J connectivity index is 2.68. The van der Waals surface area contributed by atoms with Crippen LogP contribution in [0.15, 0.2) is 48.7 Å². The SMILES string of the molecule is CCCCc1ccccc1[Si](c1ccccn1)(C(C)C)C(C)C. The zero-order chi connectivity index (χ0) is 16.9. The van der Waals surface area contributed by atoms with Gasteiger partial charge in [0.25, 0.3) is 0 Å². The number of unbranched alkanes of at least 4 members (excludes halogenated alkanes) is 1. The third-order valence-corrected chi connectivity index (χ3v) is 11.3. The highest BCUT2D eigenvalue weighted by molar-refractivity contribution is 7.03. The van der Waals surface area contributed by atoms with Gasteiger partial charge in [-0.1, -0.05) is 71.4 Å². The summed E-state index contributed by atoms with van der Waals surface area (Å²) < 4.78 is 0. The van der Waals surface area contributed by atoms with E-state index in [1.165, 1.54) is 24.6 Å². The van der Waals surface area contributed by atoms with Gasteiger partial charge in [0, 0.05) is 11.5 Å². The van der Waals surface area contributed by atoms with E-state index in [0.29, 0.717) is 11.1 Å². The molecule has 0 aliphatic heterocycles. The lowest BCUT2D eigenvalue weighted by Crippen LogP contribution is -2.64. The Bertz CT molecular complexity index is 596. The number of hydrogen-bond acceptors (Lipinski definition) is 1. The molecule has 124 valence electrons. The summed E-state index contributed by atoms with van der Waals surface area (Å²) in [6.45, 7) is 11.9. The second kappa shape index (κ2) is 7.92. The van der Waals surface area contributed by atoms with E-state index >= 15 is 0 Å². The first-order valence-electron chi connectivity index (χ1n) is 9.05. The van der Waals surface area contributed by atoms with Crippen LogP contribution in [0.3, 0.4) is 0 Å². The summed E-state index contributed by atoms with van der Waals surface area (Å²) in [6.07, 6.45) is 5.67. The quantitative estimate of drug-likeness (QED) is 0.666. The molecule has 0 unspecified atom stereocenters. The summed E-state index contributed by atoms with van der Waals surface area (Å²) in [4.78, 5) is 4.85. The molecule has 0 atom stereocenters. The van der Waals surface area contributed by atoms with Gasteiger partial charge in [0.2, 0.25) is 0 Å². The van der Waals surface area contributed by atoms with Crippen molar-refractivity contribution in [2.45, 2.75) is 65.0 Å². The maximum absolute atomic E-state index is 4.85. The van der Waals surface area contributed by atoms with Crippen molar-refractivity contribution in [3.63, 3.8) is 0 Å². The number of benzene rings is 1. The van der Waals surface area contributed by atoms with Gasteiger partial charge in [-0.3, -0.25) is 4.98 Å². The van der Waals surface area contributed by atoms with Gasteiger partial charge in [-0.05, 0) is 46.8 Å². The fraction of sp³-hybridized carbons (Fsp3) is 0.476. The van der Waals surface area contributed by atoms with Crippen LogP contribution in [0.1, 0.15) is 53.0 Å². The zero-order valence-corrected chi connectivity index (χ0v) is 16.3. The minimum Gasteiger partial charge on any atom is -0.266 e. The summed E-state index contributed by atoms with van der Waals surface area (Å²) >= 11 is 0. The number of aromatic nitrogens is 1. The molecule has 0 amide bonds. The lowest BCUT2D eigenvalue weighted by atomic mass is 10.1. The van der Waals surface area contributed by atoms with Crippen LogP contribution in [-0.4, -0.2) is 13.1 Å². The van der Waals surface area contributed by atoms with Crippen molar-refractivity contribution in [3.05, 3.63) is 54.2 Å². The Morgan fingerprint density at radius 2 is 1.57 bits per heavy atom. The fourth-order valence-electron chi connectivity index (χ4n) is 4.13. The maximum atomic E-state index is 4.85. The van der Waals surface area contributed by atoms with Crippen LogP contribution in [-0.2, 0) is 6.42 Å². The summed E-state index contributed by atoms with van der Waals surface area (Å²) in [5, 5.41) is 2.95. The minimum absolute atomic E-state index is 0.625. The number of aryl methyl sites for hydroxylation is 1. The number of hydrogen-bond donors (Lipinski definition) is 0. The third-order valence-electron chi connectivity index (χ3n) is 5.17. The second-order valence-electron chi connectivity index (χ2n) is 7.15. The highest BCUT2D eigenvalue weighted by Crippen LogP contribution is 2.32. The molecule has 0 bridgehead atoms. The smallest absolute Gasteiger partial charge is 0.146 e. The zero-order valence-electron chi connectivity index (χ0n) is 15.3. The Kier molecular flexibility index (Phi) is 6.17.